The zero-order valence-electron chi connectivity index (χ0n) is 38.1. The van der Waals surface area contributed by atoms with Crippen LogP contribution in [0.1, 0.15) is 0 Å². The van der Waals surface area contributed by atoms with Crippen LogP contribution in [0.3, 0.4) is 0 Å². The van der Waals surface area contributed by atoms with Gasteiger partial charge in [0.25, 0.3) is 0 Å². The van der Waals surface area contributed by atoms with E-state index in [1.54, 1.807) is 0 Å². The zero-order chi connectivity index (χ0) is 46.9. The van der Waals surface area contributed by atoms with Crippen LogP contribution in [0.4, 0.5) is 5.69 Å². The number of fused-ring (bicyclic) bond motifs is 3. The average Bonchev–Trinajstić information content (AvgIpc) is 3.78. The van der Waals surface area contributed by atoms with Gasteiger partial charge in [-0.1, -0.05) is 231 Å². The minimum atomic E-state index is -2.92. The first-order valence-electron chi connectivity index (χ1n) is 23.5. The number of hydrogen-bond acceptors (Lipinski definition) is 3. The van der Waals surface area contributed by atoms with Crippen molar-refractivity contribution in [3.05, 3.63) is 272 Å². The van der Waals surface area contributed by atoms with Crippen LogP contribution in [-0.2, 0) is 0 Å². The van der Waals surface area contributed by atoms with E-state index < -0.39 is 8.07 Å². The summed E-state index contributed by atoms with van der Waals surface area (Å²) in [6.45, 7) is 7.99. The zero-order valence-corrected chi connectivity index (χ0v) is 39.1. The maximum Gasteiger partial charge on any atom is 0.194 e. The predicted octanol–water partition coefficient (Wildman–Crippen LogP) is 13.2. The number of benzene rings is 10. The Balaban J connectivity index is 1.15. The molecule has 0 saturated heterocycles. The molecule has 0 aliphatic heterocycles. The van der Waals surface area contributed by atoms with Gasteiger partial charge in [0.15, 0.2) is 31.2 Å². The summed E-state index contributed by atoms with van der Waals surface area (Å²) in [5, 5.41) is 7.45. The Labute approximate surface area is 408 Å². The fraction of sp³-hybridized carbons (Fsp3) is 0. The van der Waals surface area contributed by atoms with E-state index in [4.69, 9.17) is 21.5 Å². The van der Waals surface area contributed by atoms with Crippen molar-refractivity contribution in [2.24, 2.45) is 0 Å². The molecule has 0 aliphatic carbocycles. The SMILES string of the molecule is [C-]#[N+]c1ccccc1-c1ccc2c3ccccc3n(-c3ccc(-c4nc(-c5ccccc5)nc(-c5ccccc5)n4)c(-c4cccc([Si](c5ccccc5)(c5ccccc5)c5ccccc5)c4)c3)c2c1. The van der Waals surface area contributed by atoms with Crippen LogP contribution in [0.2, 0.25) is 0 Å². The lowest BCUT2D eigenvalue weighted by atomic mass is 9.97. The lowest BCUT2D eigenvalue weighted by Gasteiger charge is -2.34. The van der Waals surface area contributed by atoms with Gasteiger partial charge in [0.05, 0.1) is 17.6 Å². The third-order valence-electron chi connectivity index (χ3n) is 13.4. The Morgan fingerprint density at radius 2 is 0.814 bits per heavy atom. The topological polar surface area (TPSA) is 48.0 Å². The summed E-state index contributed by atoms with van der Waals surface area (Å²) in [5.74, 6) is 1.79. The van der Waals surface area contributed by atoms with E-state index in [-0.39, 0.29) is 0 Å². The highest BCUT2D eigenvalue weighted by molar-refractivity contribution is 7.19. The Hall–Kier alpha value is -9.28. The number of nitrogens with zero attached hydrogens (tertiary/aromatic N) is 5. The van der Waals surface area contributed by atoms with Crippen molar-refractivity contribution < 1.29 is 0 Å². The van der Waals surface area contributed by atoms with Crippen LogP contribution >= 0.6 is 0 Å². The molecule has 0 amide bonds. The third kappa shape index (κ3) is 7.39. The smallest absolute Gasteiger partial charge is 0.194 e. The van der Waals surface area contributed by atoms with Crippen molar-refractivity contribution in [3.8, 4) is 62.1 Å². The average molecular weight is 910 g/mol. The molecule has 0 fully saturated rings. The van der Waals surface area contributed by atoms with Gasteiger partial charge < -0.3 is 4.57 Å². The van der Waals surface area contributed by atoms with Gasteiger partial charge in [-0.2, -0.15) is 0 Å². The van der Waals surface area contributed by atoms with Crippen LogP contribution < -0.4 is 20.7 Å². The van der Waals surface area contributed by atoms with Crippen LogP contribution in [0.25, 0.3) is 88.8 Å². The summed E-state index contributed by atoms with van der Waals surface area (Å²) in [5.41, 5.74) is 10.4. The van der Waals surface area contributed by atoms with Gasteiger partial charge in [-0.15, -0.1) is 0 Å². The minimum absolute atomic E-state index is 0.581. The first-order chi connectivity index (χ1) is 34.7. The van der Waals surface area contributed by atoms with Gasteiger partial charge in [-0.25, -0.2) is 19.8 Å². The van der Waals surface area contributed by atoms with E-state index in [9.17, 15) is 0 Å². The fourth-order valence-corrected chi connectivity index (χ4v) is 15.0. The first kappa shape index (κ1) is 42.1. The normalized spacial score (nSPS) is 11.4. The Bertz CT molecular complexity index is 3730. The van der Waals surface area contributed by atoms with E-state index in [2.05, 4.69) is 210 Å². The van der Waals surface area contributed by atoms with Crippen molar-refractivity contribution in [3.63, 3.8) is 0 Å². The molecule has 12 rings (SSSR count). The number of hydrogen-bond donors (Lipinski definition) is 0. The van der Waals surface area contributed by atoms with E-state index in [1.165, 1.54) is 20.7 Å². The molecule has 0 unspecified atom stereocenters. The second-order valence-electron chi connectivity index (χ2n) is 17.4. The number of para-hydroxylation sites is 2. The maximum absolute atomic E-state index is 7.99. The highest BCUT2D eigenvalue weighted by Gasteiger charge is 2.41. The fourth-order valence-electron chi connectivity index (χ4n) is 10.3. The summed E-state index contributed by atoms with van der Waals surface area (Å²) in [7, 11) is -2.92. The van der Waals surface area contributed by atoms with Gasteiger partial charge in [-0.3, -0.25) is 0 Å². The molecule has 0 bridgehead atoms. The van der Waals surface area contributed by atoms with E-state index >= 15 is 0 Å². The molecule has 0 aliphatic rings. The summed E-state index contributed by atoms with van der Waals surface area (Å²) in [6, 6.07) is 92.4. The molecule has 0 radical (unpaired) electrons. The number of aromatic nitrogens is 4. The monoisotopic (exact) mass is 909 g/mol. The van der Waals surface area contributed by atoms with Crippen molar-refractivity contribution in [2.45, 2.75) is 0 Å². The molecule has 12 aromatic rings. The molecule has 328 valence electrons. The Kier molecular flexibility index (Phi) is 10.9. The van der Waals surface area contributed by atoms with Gasteiger partial charge in [-0.05, 0) is 73.3 Å². The largest absolute Gasteiger partial charge is 0.309 e. The highest BCUT2D eigenvalue weighted by atomic mass is 28.3. The predicted molar refractivity (Wildman–Crippen MR) is 291 cm³/mol. The molecular weight excluding hydrogens is 867 g/mol. The summed E-state index contributed by atoms with van der Waals surface area (Å²) in [4.78, 5) is 19.6. The minimum Gasteiger partial charge on any atom is -0.309 e. The van der Waals surface area contributed by atoms with Crippen LogP contribution in [0, 0.1) is 6.57 Å². The standard InChI is InChI=1S/C64H43N5Si/c1-65-59-36-19-17-34-54(59)48-38-40-56-55-35-18-20-37-60(55)69(61(56)43-48)49-39-41-57(64-67-62(45-22-7-2-8-23-45)66-63(68-64)46-24-9-3-10-25-46)58(44-49)47-26-21-33-53(42-47)70(50-27-11-4-12-28-50,51-29-13-5-14-30-51)52-31-15-6-16-32-52/h2-44H. The van der Waals surface area contributed by atoms with Gasteiger partial charge in [0, 0.05) is 33.2 Å². The summed E-state index contributed by atoms with van der Waals surface area (Å²) >= 11 is 0. The van der Waals surface area contributed by atoms with E-state index in [0.29, 0.717) is 23.2 Å². The van der Waals surface area contributed by atoms with Crippen molar-refractivity contribution in [1.29, 1.82) is 0 Å². The molecule has 10 aromatic carbocycles. The van der Waals surface area contributed by atoms with Gasteiger partial charge >= 0.3 is 0 Å². The van der Waals surface area contributed by atoms with Crippen molar-refractivity contribution in [1.82, 2.24) is 19.5 Å². The van der Waals surface area contributed by atoms with Crippen LogP contribution in [0.5, 0.6) is 0 Å². The molecule has 70 heavy (non-hydrogen) atoms. The highest BCUT2D eigenvalue weighted by Crippen LogP contribution is 2.40. The second-order valence-corrected chi connectivity index (χ2v) is 21.2. The van der Waals surface area contributed by atoms with Gasteiger partial charge in [0.1, 0.15) is 0 Å². The molecule has 2 aromatic heterocycles. The summed E-state index contributed by atoms with van der Waals surface area (Å²) < 4.78 is 2.36. The summed E-state index contributed by atoms with van der Waals surface area (Å²) in [6.07, 6.45) is 0. The lowest BCUT2D eigenvalue weighted by Crippen LogP contribution is -2.74. The second kappa shape index (κ2) is 18.1. The van der Waals surface area contributed by atoms with Gasteiger partial charge in [0.2, 0.25) is 0 Å². The molecule has 0 atom stereocenters. The molecule has 0 saturated carbocycles. The molecule has 6 heteroatoms. The molecule has 2 heterocycles. The van der Waals surface area contributed by atoms with E-state index in [0.717, 1.165) is 66.4 Å². The van der Waals surface area contributed by atoms with Crippen molar-refractivity contribution >= 4 is 56.3 Å². The van der Waals surface area contributed by atoms with E-state index in [1.807, 2.05) is 60.7 Å². The third-order valence-corrected chi connectivity index (χ3v) is 18.2. The van der Waals surface area contributed by atoms with Crippen molar-refractivity contribution in [2.75, 3.05) is 0 Å². The Morgan fingerprint density at radius 3 is 1.43 bits per heavy atom. The quantitative estimate of drug-likeness (QED) is 0.0780. The molecular formula is C64H43N5Si. The molecule has 0 N–H and O–H groups in total. The first-order valence-corrected chi connectivity index (χ1v) is 25.5. The lowest BCUT2D eigenvalue weighted by molar-refractivity contribution is 1.07. The molecule has 5 nitrogen and oxygen atoms in total. The number of rotatable bonds is 10. The van der Waals surface area contributed by atoms with Crippen LogP contribution in [0.15, 0.2) is 261 Å². The molecule has 0 spiro atoms. The maximum atomic E-state index is 7.99. The van der Waals surface area contributed by atoms with Crippen LogP contribution in [-0.4, -0.2) is 27.6 Å². The Morgan fingerprint density at radius 1 is 0.329 bits per heavy atom.